The van der Waals surface area contributed by atoms with E-state index < -0.39 is 6.03 Å². The Morgan fingerprint density at radius 2 is 1.93 bits per heavy atom. The Labute approximate surface area is 188 Å². The largest absolute Gasteiger partial charge is 0.353 e. The quantitative estimate of drug-likeness (QED) is 0.615. The van der Waals surface area contributed by atoms with Gasteiger partial charge in [-0.15, -0.1) is 11.3 Å². The van der Waals surface area contributed by atoms with Gasteiger partial charge in [-0.05, 0) is 23.6 Å². The van der Waals surface area contributed by atoms with Crippen molar-refractivity contribution >= 4 is 63.1 Å². The molecule has 1 aromatic carbocycles. The fraction of sp³-hybridized carbons (Fsp3) is 0.350. The average molecular weight is 469 g/mol. The number of hydrogen-bond acceptors (Lipinski definition) is 4. The molecule has 30 heavy (non-hydrogen) atoms. The van der Waals surface area contributed by atoms with Crippen molar-refractivity contribution in [1.82, 2.24) is 10.2 Å². The van der Waals surface area contributed by atoms with Crippen LogP contribution in [0.15, 0.2) is 24.3 Å². The van der Waals surface area contributed by atoms with E-state index in [1.165, 1.54) is 16.2 Å². The molecular formula is C20H22Cl2N4O3S. The summed E-state index contributed by atoms with van der Waals surface area (Å²) in [5, 5.41) is 9.05. The molecule has 0 saturated carbocycles. The van der Waals surface area contributed by atoms with Gasteiger partial charge in [0.1, 0.15) is 5.00 Å². The van der Waals surface area contributed by atoms with Crippen LogP contribution in [-0.2, 0) is 10.2 Å². The molecule has 1 aliphatic rings. The predicted octanol–water partition coefficient (Wildman–Crippen LogP) is 4.57. The Bertz CT molecular complexity index is 1000. The highest BCUT2D eigenvalue weighted by atomic mass is 35.5. The zero-order valence-corrected chi connectivity index (χ0v) is 19.1. The van der Waals surface area contributed by atoms with Crippen molar-refractivity contribution in [2.45, 2.75) is 26.2 Å². The van der Waals surface area contributed by atoms with Gasteiger partial charge >= 0.3 is 6.03 Å². The lowest BCUT2D eigenvalue weighted by Crippen LogP contribution is -2.50. The fourth-order valence-corrected chi connectivity index (χ4v) is 4.30. The maximum absolute atomic E-state index is 13.1. The van der Waals surface area contributed by atoms with E-state index in [1.54, 1.807) is 24.3 Å². The summed E-state index contributed by atoms with van der Waals surface area (Å²) in [6.07, 6.45) is 0. The molecule has 4 amide bonds. The maximum Gasteiger partial charge on any atom is 0.324 e. The van der Waals surface area contributed by atoms with Gasteiger partial charge in [0.25, 0.3) is 5.91 Å². The zero-order valence-electron chi connectivity index (χ0n) is 16.8. The van der Waals surface area contributed by atoms with E-state index in [4.69, 9.17) is 23.2 Å². The van der Waals surface area contributed by atoms with Crippen LogP contribution in [0.25, 0.3) is 0 Å². The van der Waals surface area contributed by atoms with Crippen LogP contribution in [-0.4, -0.2) is 42.4 Å². The lowest BCUT2D eigenvalue weighted by molar-refractivity contribution is -0.123. The van der Waals surface area contributed by atoms with E-state index in [0.29, 0.717) is 34.4 Å². The Morgan fingerprint density at radius 1 is 1.20 bits per heavy atom. The van der Waals surface area contributed by atoms with Crippen molar-refractivity contribution in [3.05, 3.63) is 44.8 Å². The van der Waals surface area contributed by atoms with Crippen LogP contribution >= 0.6 is 34.5 Å². The summed E-state index contributed by atoms with van der Waals surface area (Å²) in [5.41, 5.74) is 0.493. The first-order valence-electron chi connectivity index (χ1n) is 9.28. The summed E-state index contributed by atoms with van der Waals surface area (Å²) in [5.74, 6) is -0.503. The van der Waals surface area contributed by atoms with Crippen molar-refractivity contribution in [1.29, 1.82) is 0 Å². The summed E-state index contributed by atoms with van der Waals surface area (Å²) >= 11 is 13.4. The van der Waals surface area contributed by atoms with Gasteiger partial charge in [0.05, 0.1) is 27.8 Å². The van der Waals surface area contributed by atoms with Gasteiger partial charge < -0.3 is 15.5 Å². The molecule has 1 aromatic heterocycles. The number of thiophene rings is 1. The molecule has 10 heteroatoms. The van der Waals surface area contributed by atoms with Crippen LogP contribution in [0.2, 0.25) is 10.0 Å². The third-order valence-corrected chi connectivity index (χ3v) is 6.75. The molecule has 160 valence electrons. The van der Waals surface area contributed by atoms with Crippen LogP contribution in [0.3, 0.4) is 0 Å². The van der Waals surface area contributed by atoms with Crippen LogP contribution < -0.4 is 16.0 Å². The minimum absolute atomic E-state index is 0.0106. The predicted molar refractivity (Wildman–Crippen MR) is 121 cm³/mol. The smallest absolute Gasteiger partial charge is 0.324 e. The number of rotatable bonds is 3. The minimum Gasteiger partial charge on any atom is -0.353 e. The first-order valence-corrected chi connectivity index (χ1v) is 10.9. The highest BCUT2D eigenvalue weighted by Gasteiger charge is 2.29. The average Bonchev–Trinajstić information content (AvgIpc) is 3.09. The standard InChI is InChI=1S/C20H22Cl2N4O3S/c1-20(2,3)14-9-11(18(28)26-8-7-23-15(27)10-26)17(30-14)25-19(29)24-13-6-4-5-12(21)16(13)22/h4-6,9H,7-8,10H2,1-3H3,(H,23,27)(H2,24,25,29). The van der Waals surface area contributed by atoms with E-state index in [9.17, 15) is 14.4 Å². The van der Waals surface area contributed by atoms with Gasteiger partial charge in [-0.2, -0.15) is 0 Å². The summed E-state index contributed by atoms with van der Waals surface area (Å²) < 4.78 is 0. The van der Waals surface area contributed by atoms with E-state index in [1.807, 2.05) is 20.8 Å². The summed E-state index contributed by atoms with van der Waals surface area (Å²) in [4.78, 5) is 39.8. The molecule has 1 saturated heterocycles. The van der Waals surface area contributed by atoms with Crippen molar-refractivity contribution < 1.29 is 14.4 Å². The van der Waals surface area contributed by atoms with Crippen LogP contribution in [0, 0.1) is 0 Å². The number of halogens is 2. The molecule has 2 aromatic rings. The number of nitrogens with zero attached hydrogens (tertiary/aromatic N) is 1. The molecule has 3 N–H and O–H groups in total. The summed E-state index contributed by atoms with van der Waals surface area (Å²) in [6.45, 7) is 6.88. The number of amides is 4. The number of carbonyl (C=O) groups excluding carboxylic acids is 3. The molecule has 1 fully saturated rings. The van der Waals surface area contributed by atoms with E-state index >= 15 is 0 Å². The Morgan fingerprint density at radius 3 is 2.60 bits per heavy atom. The van der Waals surface area contributed by atoms with Crippen LogP contribution in [0.4, 0.5) is 15.5 Å². The maximum atomic E-state index is 13.1. The normalized spacial score (nSPS) is 14.3. The van der Waals surface area contributed by atoms with Gasteiger partial charge in [-0.1, -0.05) is 50.0 Å². The molecule has 0 atom stereocenters. The molecule has 0 aliphatic carbocycles. The number of carbonyl (C=O) groups is 3. The number of anilines is 2. The second-order valence-electron chi connectivity index (χ2n) is 7.86. The lowest BCUT2D eigenvalue weighted by Gasteiger charge is -2.26. The number of urea groups is 1. The van der Waals surface area contributed by atoms with Gasteiger partial charge in [0.15, 0.2) is 0 Å². The summed E-state index contributed by atoms with van der Waals surface area (Å²) in [7, 11) is 0. The minimum atomic E-state index is -0.549. The van der Waals surface area contributed by atoms with Gasteiger partial charge in [-0.3, -0.25) is 14.9 Å². The van der Waals surface area contributed by atoms with E-state index in [-0.39, 0.29) is 28.8 Å². The Hall–Kier alpha value is -2.29. The van der Waals surface area contributed by atoms with Crippen LogP contribution in [0.1, 0.15) is 36.0 Å². The van der Waals surface area contributed by atoms with Crippen molar-refractivity contribution in [3.8, 4) is 0 Å². The number of benzene rings is 1. The molecule has 2 heterocycles. The SMILES string of the molecule is CC(C)(C)c1cc(C(=O)N2CCNC(=O)C2)c(NC(=O)Nc2cccc(Cl)c2Cl)s1. The topological polar surface area (TPSA) is 90.5 Å². The molecule has 3 rings (SSSR count). The van der Waals surface area contributed by atoms with Crippen LogP contribution in [0.5, 0.6) is 0 Å². The number of hydrogen-bond donors (Lipinski definition) is 3. The van der Waals surface area contributed by atoms with Crippen molar-refractivity contribution in [2.75, 3.05) is 30.3 Å². The molecule has 0 spiro atoms. The molecule has 0 unspecified atom stereocenters. The van der Waals surface area contributed by atoms with Crippen molar-refractivity contribution in [2.24, 2.45) is 0 Å². The van der Waals surface area contributed by atoms with Crippen molar-refractivity contribution in [3.63, 3.8) is 0 Å². The van der Waals surface area contributed by atoms with Gasteiger partial charge in [-0.25, -0.2) is 4.79 Å². The van der Waals surface area contributed by atoms with E-state index in [2.05, 4.69) is 16.0 Å². The summed E-state index contributed by atoms with van der Waals surface area (Å²) in [6, 6.07) is 6.14. The van der Waals surface area contributed by atoms with Gasteiger partial charge in [0.2, 0.25) is 5.91 Å². The second-order valence-corrected chi connectivity index (χ2v) is 9.70. The molecule has 0 bridgehead atoms. The van der Waals surface area contributed by atoms with E-state index in [0.717, 1.165) is 4.88 Å². The lowest BCUT2D eigenvalue weighted by atomic mass is 9.94. The van der Waals surface area contributed by atoms with Gasteiger partial charge in [0, 0.05) is 18.0 Å². The molecule has 0 radical (unpaired) electrons. The highest BCUT2D eigenvalue weighted by molar-refractivity contribution is 7.16. The Balaban J connectivity index is 1.86. The third-order valence-electron chi connectivity index (χ3n) is 4.45. The molecule has 7 nitrogen and oxygen atoms in total. The highest BCUT2D eigenvalue weighted by Crippen LogP contribution is 2.37. The first kappa shape index (κ1) is 22.4. The third kappa shape index (κ3) is 5.06. The monoisotopic (exact) mass is 468 g/mol. The second kappa shape index (κ2) is 8.83. The Kier molecular flexibility index (Phi) is 6.59. The number of piperazine rings is 1. The fourth-order valence-electron chi connectivity index (χ4n) is 2.85. The molecular weight excluding hydrogens is 447 g/mol. The molecule has 1 aliphatic heterocycles. The number of nitrogens with one attached hydrogen (secondary N) is 3. The zero-order chi connectivity index (χ0) is 22.1. The first-order chi connectivity index (χ1) is 14.1.